The predicted molar refractivity (Wildman–Crippen MR) is 75.6 cm³/mol. The van der Waals surface area contributed by atoms with Gasteiger partial charge in [-0.1, -0.05) is 24.3 Å². The van der Waals surface area contributed by atoms with Crippen molar-refractivity contribution >= 4 is 11.9 Å². The summed E-state index contributed by atoms with van der Waals surface area (Å²) in [6.07, 6.45) is -2.76. The van der Waals surface area contributed by atoms with E-state index < -0.39 is 11.7 Å². The van der Waals surface area contributed by atoms with E-state index in [1.54, 1.807) is 12.1 Å². The standard InChI is InChI=1S/C17H11F3O2/c18-17(19,20)12-4-1-3-10(8-12)7-11-9-14-13(16(11)22)5-2-6-15(14)21/h1-8,21H,9H2/b11-7-. The van der Waals surface area contributed by atoms with E-state index in [2.05, 4.69) is 0 Å². The lowest BCUT2D eigenvalue weighted by Crippen LogP contribution is -2.04. The smallest absolute Gasteiger partial charge is 0.416 e. The molecule has 5 heteroatoms. The third-order valence-electron chi connectivity index (χ3n) is 3.61. The van der Waals surface area contributed by atoms with Gasteiger partial charge in [-0.25, -0.2) is 0 Å². The van der Waals surface area contributed by atoms with Crippen LogP contribution in [-0.2, 0) is 12.6 Å². The first-order chi connectivity index (χ1) is 10.4. The van der Waals surface area contributed by atoms with Gasteiger partial charge < -0.3 is 5.11 Å². The monoisotopic (exact) mass is 304 g/mol. The molecule has 0 aromatic heterocycles. The highest BCUT2D eigenvalue weighted by molar-refractivity contribution is 6.16. The van der Waals surface area contributed by atoms with Gasteiger partial charge in [0.15, 0.2) is 5.78 Å². The van der Waals surface area contributed by atoms with E-state index in [4.69, 9.17) is 0 Å². The van der Waals surface area contributed by atoms with Gasteiger partial charge in [-0.15, -0.1) is 0 Å². The number of phenols is 1. The van der Waals surface area contributed by atoms with Crippen molar-refractivity contribution in [2.24, 2.45) is 0 Å². The summed E-state index contributed by atoms with van der Waals surface area (Å²) in [6.45, 7) is 0. The molecule has 0 saturated carbocycles. The summed E-state index contributed by atoms with van der Waals surface area (Å²) >= 11 is 0. The number of hydrogen-bond donors (Lipinski definition) is 1. The fourth-order valence-corrected chi connectivity index (χ4v) is 2.54. The number of ketones is 1. The molecule has 2 nitrogen and oxygen atoms in total. The Bertz CT molecular complexity index is 789. The summed E-state index contributed by atoms with van der Waals surface area (Å²) < 4.78 is 38.1. The molecule has 0 amide bonds. The third kappa shape index (κ3) is 2.50. The van der Waals surface area contributed by atoms with E-state index in [9.17, 15) is 23.1 Å². The second kappa shape index (κ2) is 5.02. The third-order valence-corrected chi connectivity index (χ3v) is 3.61. The molecule has 0 radical (unpaired) electrons. The van der Waals surface area contributed by atoms with Crippen LogP contribution in [0.15, 0.2) is 48.0 Å². The normalized spacial score (nSPS) is 16.1. The summed E-state index contributed by atoms with van der Waals surface area (Å²) in [6, 6.07) is 9.46. The summed E-state index contributed by atoms with van der Waals surface area (Å²) in [7, 11) is 0. The Morgan fingerprint density at radius 3 is 2.50 bits per heavy atom. The van der Waals surface area contributed by atoms with E-state index in [-0.39, 0.29) is 18.0 Å². The second-order valence-electron chi connectivity index (χ2n) is 5.10. The number of allylic oxidation sites excluding steroid dienone is 1. The molecular formula is C17H11F3O2. The predicted octanol–water partition coefficient (Wildman–Crippen LogP) is 4.23. The van der Waals surface area contributed by atoms with Crippen LogP contribution in [0.5, 0.6) is 5.75 Å². The molecule has 3 rings (SSSR count). The summed E-state index contributed by atoms with van der Waals surface area (Å²) in [4.78, 5) is 12.2. The molecule has 0 aliphatic heterocycles. The summed E-state index contributed by atoms with van der Waals surface area (Å²) in [5.41, 5.74) is 0.845. The van der Waals surface area contributed by atoms with Gasteiger partial charge in [-0.05, 0) is 29.8 Å². The number of hydrogen-bond acceptors (Lipinski definition) is 2. The van der Waals surface area contributed by atoms with Crippen molar-refractivity contribution in [3.8, 4) is 5.75 Å². The first kappa shape index (κ1) is 14.4. The van der Waals surface area contributed by atoms with Gasteiger partial charge in [0.05, 0.1) is 5.56 Å². The Morgan fingerprint density at radius 1 is 1.09 bits per heavy atom. The lowest BCUT2D eigenvalue weighted by molar-refractivity contribution is -0.137. The first-order valence-electron chi connectivity index (χ1n) is 6.59. The van der Waals surface area contributed by atoms with Gasteiger partial charge in [0.1, 0.15) is 5.75 Å². The molecule has 0 unspecified atom stereocenters. The van der Waals surface area contributed by atoms with Gasteiger partial charge in [0.2, 0.25) is 0 Å². The van der Waals surface area contributed by atoms with Crippen LogP contribution >= 0.6 is 0 Å². The number of Topliss-reactive ketones (excluding diaryl/α,β-unsaturated/α-hetero) is 1. The van der Waals surface area contributed by atoms with Gasteiger partial charge >= 0.3 is 6.18 Å². The van der Waals surface area contributed by atoms with Crippen molar-refractivity contribution in [2.75, 3.05) is 0 Å². The van der Waals surface area contributed by atoms with E-state index in [0.29, 0.717) is 22.3 Å². The second-order valence-corrected chi connectivity index (χ2v) is 5.10. The van der Waals surface area contributed by atoms with Gasteiger partial charge in [0, 0.05) is 23.1 Å². The van der Waals surface area contributed by atoms with Crippen LogP contribution in [-0.4, -0.2) is 10.9 Å². The number of alkyl halides is 3. The quantitative estimate of drug-likeness (QED) is 0.800. The Labute approximate surface area is 124 Å². The number of carbonyl (C=O) groups excluding carboxylic acids is 1. The van der Waals surface area contributed by atoms with Crippen LogP contribution in [0.25, 0.3) is 6.08 Å². The Hall–Kier alpha value is -2.56. The first-order valence-corrected chi connectivity index (χ1v) is 6.59. The molecule has 1 aliphatic carbocycles. The maximum Gasteiger partial charge on any atom is 0.416 e. The molecule has 112 valence electrons. The molecule has 1 N–H and O–H groups in total. The zero-order valence-electron chi connectivity index (χ0n) is 11.3. The topological polar surface area (TPSA) is 37.3 Å². The maximum absolute atomic E-state index is 12.7. The van der Waals surface area contributed by atoms with Crippen molar-refractivity contribution in [3.05, 3.63) is 70.3 Å². The van der Waals surface area contributed by atoms with Crippen LogP contribution in [0.3, 0.4) is 0 Å². The minimum atomic E-state index is -4.42. The minimum absolute atomic E-state index is 0.0262. The molecule has 0 saturated heterocycles. The number of carbonyl (C=O) groups is 1. The van der Waals surface area contributed by atoms with Crippen molar-refractivity contribution < 1.29 is 23.1 Å². The number of phenolic OH excluding ortho intramolecular Hbond substituents is 1. The largest absolute Gasteiger partial charge is 0.508 e. The molecule has 22 heavy (non-hydrogen) atoms. The minimum Gasteiger partial charge on any atom is -0.508 e. The van der Waals surface area contributed by atoms with Crippen molar-refractivity contribution in [2.45, 2.75) is 12.6 Å². The van der Waals surface area contributed by atoms with Crippen LogP contribution in [0.1, 0.15) is 27.0 Å². The molecule has 1 aliphatic rings. The highest BCUT2D eigenvalue weighted by atomic mass is 19.4. The lowest BCUT2D eigenvalue weighted by atomic mass is 10.1. The molecule has 0 atom stereocenters. The number of fused-ring (bicyclic) bond motifs is 1. The average Bonchev–Trinajstić information content (AvgIpc) is 2.77. The van der Waals surface area contributed by atoms with Gasteiger partial charge in [0.25, 0.3) is 0 Å². The summed E-state index contributed by atoms with van der Waals surface area (Å²) in [5.74, 6) is -0.235. The molecular weight excluding hydrogens is 293 g/mol. The van der Waals surface area contributed by atoms with Crippen molar-refractivity contribution in [3.63, 3.8) is 0 Å². The van der Waals surface area contributed by atoms with Crippen molar-refractivity contribution in [1.82, 2.24) is 0 Å². The Balaban J connectivity index is 1.99. The molecule has 0 bridgehead atoms. The van der Waals surface area contributed by atoms with E-state index in [0.717, 1.165) is 12.1 Å². The zero-order valence-corrected chi connectivity index (χ0v) is 11.3. The molecule has 2 aromatic rings. The van der Waals surface area contributed by atoms with E-state index in [1.165, 1.54) is 24.3 Å². The highest BCUT2D eigenvalue weighted by Crippen LogP contribution is 2.34. The Morgan fingerprint density at radius 2 is 1.82 bits per heavy atom. The number of benzene rings is 2. The van der Waals surface area contributed by atoms with E-state index >= 15 is 0 Å². The number of halogens is 3. The summed E-state index contributed by atoms with van der Waals surface area (Å²) in [5, 5.41) is 9.76. The molecule has 0 heterocycles. The lowest BCUT2D eigenvalue weighted by Gasteiger charge is -2.07. The van der Waals surface area contributed by atoms with Crippen LogP contribution < -0.4 is 0 Å². The van der Waals surface area contributed by atoms with Crippen LogP contribution in [0.4, 0.5) is 13.2 Å². The average molecular weight is 304 g/mol. The fourth-order valence-electron chi connectivity index (χ4n) is 2.54. The van der Waals surface area contributed by atoms with Crippen LogP contribution in [0.2, 0.25) is 0 Å². The SMILES string of the molecule is O=C1/C(=C\c2cccc(C(F)(F)F)c2)Cc2c(O)cccc21. The van der Waals surface area contributed by atoms with E-state index in [1.807, 2.05) is 0 Å². The zero-order chi connectivity index (χ0) is 15.9. The molecule has 0 fully saturated rings. The van der Waals surface area contributed by atoms with Crippen molar-refractivity contribution in [1.29, 1.82) is 0 Å². The Kier molecular flexibility index (Phi) is 3.28. The molecule has 0 spiro atoms. The highest BCUT2D eigenvalue weighted by Gasteiger charge is 2.31. The van der Waals surface area contributed by atoms with Gasteiger partial charge in [-0.3, -0.25) is 4.79 Å². The number of rotatable bonds is 1. The fraction of sp³-hybridized carbons (Fsp3) is 0.118. The van der Waals surface area contributed by atoms with Gasteiger partial charge in [-0.2, -0.15) is 13.2 Å². The van der Waals surface area contributed by atoms with Crippen LogP contribution in [0, 0.1) is 0 Å². The number of aromatic hydroxyl groups is 1. The maximum atomic E-state index is 12.7. The molecule has 2 aromatic carbocycles.